The monoisotopic (exact) mass is 280 g/mol. The van der Waals surface area contributed by atoms with Crippen molar-refractivity contribution in [2.24, 2.45) is 0 Å². The lowest BCUT2D eigenvalue weighted by atomic mass is 10.1. The number of carboxylic acids is 1. The first kappa shape index (κ1) is 14.3. The minimum absolute atomic E-state index is 0.206. The summed E-state index contributed by atoms with van der Waals surface area (Å²) in [6.45, 7) is 0.304. The molecule has 21 heavy (non-hydrogen) atoms. The predicted molar refractivity (Wildman–Crippen MR) is 75.7 cm³/mol. The van der Waals surface area contributed by atoms with Crippen LogP contribution in [0.2, 0.25) is 0 Å². The molecule has 0 atom stereocenters. The highest BCUT2D eigenvalue weighted by molar-refractivity contribution is 5.94. The van der Waals surface area contributed by atoms with Crippen LogP contribution < -0.4 is 5.32 Å². The third kappa shape index (κ3) is 3.67. The number of nitrogens with zero attached hydrogens (tertiary/aromatic N) is 1. The molecule has 0 aliphatic rings. The van der Waals surface area contributed by atoms with Crippen LogP contribution in [0.5, 0.6) is 0 Å². The van der Waals surface area contributed by atoms with Gasteiger partial charge in [0.2, 0.25) is 0 Å². The molecular formula is C16H12N2O3. The van der Waals surface area contributed by atoms with Gasteiger partial charge in [-0.25, -0.2) is 4.79 Å². The fourth-order valence-electron chi connectivity index (χ4n) is 1.75. The Morgan fingerprint density at radius 3 is 2.10 bits per heavy atom. The first-order valence-electron chi connectivity index (χ1n) is 6.21. The van der Waals surface area contributed by atoms with Crippen molar-refractivity contribution >= 4 is 11.9 Å². The molecule has 2 N–H and O–H groups in total. The maximum absolute atomic E-state index is 11.9. The summed E-state index contributed by atoms with van der Waals surface area (Å²) in [6, 6.07) is 14.6. The van der Waals surface area contributed by atoms with E-state index in [9.17, 15) is 9.59 Å². The molecule has 2 aromatic carbocycles. The molecule has 2 aromatic rings. The SMILES string of the molecule is N#Cc1ccc(C(=O)NCc2ccc(C(=O)O)cc2)cc1. The molecule has 0 aromatic heterocycles. The van der Waals surface area contributed by atoms with Crippen LogP contribution in [0.25, 0.3) is 0 Å². The molecule has 0 heterocycles. The molecule has 0 saturated heterocycles. The molecule has 104 valence electrons. The lowest BCUT2D eigenvalue weighted by molar-refractivity contribution is 0.0696. The van der Waals surface area contributed by atoms with Crippen LogP contribution in [0.1, 0.15) is 31.8 Å². The maximum atomic E-state index is 11.9. The van der Waals surface area contributed by atoms with Crippen LogP contribution in [0.15, 0.2) is 48.5 Å². The number of amides is 1. The van der Waals surface area contributed by atoms with Crippen molar-refractivity contribution in [1.29, 1.82) is 5.26 Å². The number of carboxylic acid groups (broad SMARTS) is 1. The fraction of sp³-hybridized carbons (Fsp3) is 0.0625. The Labute approximate surface area is 121 Å². The minimum Gasteiger partial charge on any atom is -0.478 e. The number of carbonyl (C=O) groups is 2. The fourth-order valence-corrected chi connectivity index (χ4v) is 1.75. The molecule has 0 bridgehead atoms. The largest absolute Gasteiger partial charge is 0.478 e. The van der Waals surface area contributed by atoms with E-state index in [1.165, 1.54) is 12.1 Å². The molecule has 0 aliphatic heterocycles. The van der Waals surface area contributed by atoms with Crippen LogP contribution in [0, 0.1) is 11.3 Å². The lowest BCUT2D eigenvalue weighted by Gasteiger charge is -2.06. The van der Waals surface area contributed by atoms with Crippen molar-refractivity contribution in [3.05, 3.63) is 70.8 Å². The zero-order valence-corrected chi connectivity index (χ0v) is 11.0. The zero-order chi connectivity index (χ0) is 15.2. The van der Waals surface area contributed by atoms with Gasteiger partial charge in [-0.1, -0.05) is 12.1 Å². The number of benzene rings is 2. The molecule has 0 saturated carbocycles. The van der Waals surface area contributed by atoms with Gasteiger partial charge in [-0.2, -0.15) is 5.26 Å². The average molecular weight is 280 g/mol. The molecule has 5 nitrogen and oxygen atoms in total. The van der Waals surface area contributed by atoms with E-state index >= 15 is 0 Å². The van der Waals surface area contributed by atoms with E-state index in [2.05, 4.69) is 5.32 Å². The minimum atomic E-state index is -0.983. The first-order chi connectivity index (χ1) is 10.1. The van der Waals surface area contributed by atoms with Gasteiger partial charge in [0.15, 0.2) is 0 Å². The Bertz CT molecular complexity index is 698. The normalized spacial score (nSPS) is 9.67. The molecule has 2 rings (SSSR count). The van der Waals surface area contributed by atoms with Crippen molar-refractivity contribution in [2.75, 3.05) is 0 Å². The highest BCUT2D eigenvalue weighted by Crippen LogP contribution is 2.06. The van der Waals surface area contributed by atoms with Gasteiger partial charge in [0.05, 0.1) is 17.2 Å². The second kappa shape index (κ2) is 6.35. The van der Waals surface area contributed by atoms with E-state index in [1.54, 1.807) is 36.4 Å². The van der Waals surface area contributed by atoms with Crippen molar-refractivity contribution in [2.45, 2.75) is 6.54 Å². The Balaban J connectivity index is 1.97. The van der Waals surface area contributed by atoms with Crippen LogP contribution in [-0.2, 0) is 6.54 Å². The average Bonchev–Trinajstić information content (AvgIpc) is 2.53. The molecule has 1 amide bonds. The standard InChI is InChI=1S/C16H12N2O3/c17-9-11-1-5-13(6-2-11)15(19)18-10-12-3-7-14(8-4-12)16(20)21/h1-8H,10H2,(H,18,19)(H,20,21). The molecule has 5 heteroatoms. The topological polar surface area (TPSA) is 90.2 Å². The Kier molecular flexibility index (Phi) is 4.32. The molecule has 0 fully saturated rings. The van der Waals surface area contributed by atoms with Crippen molar-refractivity contribution in [1.82, 2.24) is 5.32 Å². The van der Waals surface area contributed by atoms with E-state index in [4.69, 9.17) is 10.4 Å². The summed E-state index contributed by atoms with van der Waals surface area (Å²) < 4.78 is 0. The number of hydrogen-bond acceptors (Lipinski definition) is 3. The van der Waals surface area contributed by atoms with E-state index in [0.29, 0.717) is 17.7 Å². The van der Waals surface area contributed by atoms with Crippen LogP contribution in [0.3, 0.4) is 0 Å². The summed E-state index contributed by atoms with van der Waals surface area (Å²) in [4.78, 5) is 22.6. The molecule has 0 spiro atoms. The highest BCUT2D eigenvalue weighted by Gasteiger charge is 2.06. The van der Waals surface area contributed by atoms with Gasteiger partial charge in [-0.05, 0) is 42.0 Å². The van der Waals surface area contributed by atoms with Gasteiger partial charge >= 0.3 is 5.97 Å². The molecule has 0 aliphatic carbocycles. The second-order valence-corrected chi connectivity index (χ2v) is 4.37. The summed E-state index contributed by atoms with van der Waals surface area (Å²) in [5, 5.41) is 20.2. The summed E-state index contributed by atoms with van der Waals surface area (Å²) in [7, 11) is 0. The maximum Gasteiger partial charge on any atom is 0.335 e. The Morgan fingerprint density at radius 1 is 1.00 bits per heavy atom. The quantitative estimate of drug-likeness (QED) is 0.898. The van der Waals surface area contributed by atoms with Gasteiger partial charge in [0, 0.05) is 12.1 Å². The van der Waals surface area contributed by atoms with Gasteiger partial charge in [-0.3, -0.25) is 4.79 Å². The Morgan fingerprint density at radius 2 is 1.57 bits per heavy atom. The van der Waals surface area contributed by atoms with Gasteiger partial charge in [0.25, 0.3) is 5.91 Å². The van der Waals surface area contributed by atoms with E-state index in [1.807, 2.05) is 6.07 Å². The third-order valence-corrected chi connectivity index (χ3v) is 2.93. The van der Waals surface area contributed by atoms with Crippen molar-refractivity contribution < 1.29 is 14.7 Å². The highest BCUT2D eigenvalue weighted by atomic mass is 16.4. The first-order valence-corrected chi connectivity index (χ1v) is 6.21. The van der Waals surface area contributed by atoms with Gasteiger partial charge in [0.1, 0.15) is 0 Å². The zero-order valence-electron chi connectivity index (χ0n) is 11.0. The summed E-state index contributed by atoms with van der Waals surface area (Å²) in [5.74, 6) is -1.23. The summed E-state index contributed by atoms with van der Waals surface area (Å²) >= 11 is 0. The number of carbonyl (C=O) groups excluding carboxylic acids is 1. The number of rotatable bonds is 4. The third-order valence-electron chi connectivity index (χ3n) is 2.93. The van der Waals surface area contributed by atoms with Crippen molar-refractivity contribution in [3.8, 4) is 6.07 Å². The van der Waals surface area contributed by atoms with Crippen molar-refractivity contribution in [3.63, 3.8) is 0 Å². The second-order valence-electron chi connectivity index (χ2n) is 4.37. The molecule has 0 unspecified atom stereocenters. The van der Waals surface area contributed by atoms with E-state index < -0.39 is 5.97 Å². The van der Waals surface area contributed by atoms with E-state index in [-0.39, 0.29) is 11.5 Å². The van der Waals surface area contributed by atoms with Crippen LogP contribution >= 0.6 is 0 Å². The van der Waals surface area contributed by atoms with Gasteiger partial charge in [-0.15, -0.1) is 0 Å². The molecular weight excluding hydrogens is 268 g/mol. The van der Waals surface area contributed by atoms with Crippen LogP contribution in [-0.4, -0.2) is 17.0 Å². The smallest absolute Gasteiger partial charge is 0.335 e. The number of aromatic carboxylic acids is 1. The van der Waals surface area contributed by atoms with Gasteiger partial charge < -0.3 is 10.4 Å². The Hall–Kier alpha value is -3.13. The predicted octanol–water partition coefficient (Wildman–Crippen LogP) is 2.19. The number of hydrogen-bond donors (Lipinski definition) is 2. The number of nitrogens with one attached hydrogen (secondary N) is 1. The van der Waals surface area contributed by atoms with E-state index in [0.717, 1.165) is 5.56 Å². The lowest BCUT2D eigenvalue weighted by Crippen LogP contribution is -2.22. The van der Waals surface area contributed by atoms with Crippen LogP contribution in [0.4, 0.5) is 0 Å². The summed E-state index contributed by atoms with van der Waals surface area (Å²) in [6.07, 6.45) is 0. The summed E-state index contributed by atoms with van der Waals surface area (Å²) in [5.41, 5.74) is 1.98. The number of nitriles is 1. The molecule has 0 radical (unpaired) electrons.